The minimum Gasteiger partial charge on any atom is -0.472 e. The monoisotopic (exact) mass is 356 g/mol. The standard InChI is InChI=1S/C14H11BrClFN2O/c15-10-5-12-13(6-11(10)17)19(14(18-12)1-3-16)7-9-2-4-20-8-9/h2,4-6,8H,1,3,7H2. The Bertz CT molecular complexity index is 739. The largest absolute Gasteiger partial charge is 0.472 e. The highest BCUT2D eigenvalue weighted by Gasteiger charge is 2.14. The minimum absolute atomic E-state index is 0.303. The van der Waals surface area contributed by atoms with E-state index in [0.717, 1.165) is 22.4 Å². The Hall–Kier alpha value is -1.33. The molecule has 0 saturated carbocycles. The van der Waals surface area contributed by atoms with Gasteiger partial charge in [-0.3, -0.25) is 0 Å². The number of halogens is 3. The van der Waals surface area contributed by atoms with Crippen LogP contribution >= 0.6 is 27.5 Å². The number of alkyl halides is 1. The molecule has 0 aliphatic carbocycles. The smallest absolute Gasteiger partial charge is 0.139 e. The van der Waals surface area contributed by atoms with Gasteiger partial charge < -0.3 is 8.98 Å². The van der Waals surface area contributed by atoms with Crippen molar-refractivity contribution in [2.45, 2.75) is 13.0 Å². The number of aromatic nitrogens is 2. The molecular formula is C14H11BrClFN2O. The van der Waals surface area contributed by atoms with Crippen LogP contribution in [0, 0.1) is 5.82 Å². The first kappa shape index (κ1) is 13.6. The van der Waals surface area contributed by atoms with Crippen LogP contribution in [0.15, 0.2) is 39.6 Å². The number of rotatable bonds is 4. The quantitative estimate of drug-likeness (QED) is 0.650. The molecule has 0 fully saturated rings. The Morgan fingerprint density at radius 2 is 2.25 bits per heavy atom. The van der Waals surface area contributed by atoms with Crippen molar-refractivity contribution < 1.29 is 8.81 Å². The molecule has 0 N–H and O–H groups in total. The number of fused-ring (bicyclic) bond motifs is 1. The lowest BCUT2D eigenvalue weighted by Gasteiger charge is -2.07. The van der Waals surface area contributed by atoms with Crippen molar-refractivity contribution >= 4 is 38.6 Å². The summed E-state index contributed by atoms with van der Waals surface area (Å²) < 4.78 is 21.2. The lowest BCUT2D eigenvalue weighted by Crippen LogP contribution is -2.05. The van der Waals surface area contributed by atoms with Crippen molar-refractivity contribution in [3.8, 4) is 0 Å². The van der Waals surface area contributed by atoms with Crippen molar-refractivity contribution in [2.75, 3.05) is 5.88 Å². The molecule has 0 aliphatic rings. The number of aryl methyl sites for hydroxylation is 1. The van der Waals surface area contributed by atoms with Gasteiger partial charge in [0.15, 0.2) is 0 Å². The highest BCUT2D eigenvalue weighted by molar-refractivity contribution is 9.10. The molecule has 0 radical (unpaired) electrons. The first-order valence-corrected chi connectivity index (χ1v) is 7.43. The predicted octanol–water partition coefficient (Wildman–Crippen LogP) is 4.36. The summed E-state index contributed by atoms with van der Waals surface area (Å²) in [5, 5.41) is 0. The third-order valence-corrected chi connectivity index (χ3v) is 3.90. The van der Waals surface area contributed by atoms with Gasteiger partial charge in [-0.25, -0.2) is 9.37 Å². The number of imidazole rings is 1. The highest BCUT2D eigenvalue weighted by atomic mass is 79.9. The Morgan fingerprint density at radius 3 is 2.95 bits per heavy atom. The fourth-order valence-electron chi connectivity index (χ4n) is 2.19. The highest BCUT2D eigenvalue weighted by Crippen LogP contribution is 2.25. The normalized spacial score (nSPS) is 11.3. The zero-order chi connectivity index (χ0) is 14.1. The van der Waals surface area contributed by atoms with Gasteiger partial charge in [-0.1, -0.05) is 0 Å². The van der Waals surface area contributed by atoms with Gasteiger partial charge in [0.1, 0.15) is 11.6 Å². The Labute approximate surface area is 128 Å². The summed E-state index contributed by atoms with van der Waals surface area (Å²) in [7, 11) is 0. The molecule has 3 aromatic rings. The minimum atomic E-state index is -0.303. The first-order valence-electron chi connectivity index (χ1n) is 6.10. The van der Waals surface area contributed by atoms with Gasteiger partial charge in [-0.15, -0.1) is 11.6 Å². The summed E-state index contributed by atoms with van der Waals surface area (Å²) in [4.78, 5) is 4.54. The lowest BCUT2D eigenvalue weighted by atomic mass is 10.3. The fourth-order valence-corrected chi connectivity index (χ4v) is 2.69. The van der Waals surface area contributed by atoms with Crippen LogP contribution in [0.2, 0.25) is 0 Å². The van der Waals surface area contributed by atoms with Gasteiger partial charge >= 0.3 is 0 Å². The van der Waals surface area contributed by atoms with E-state index in [4.69, 9.17) is 16.0 Å². The zero-order valence-corrected chi connectivity index (χ0v) is 12.8. The molecule has 3 rings (SSSR count). The lowest BCUT2D eigenvalue weighted by molar-refractivity contribution is 0.562. The summed E-state index contributed by atoms with van der Waals surface area (Å²) in [6, 6.07) is 5.06. The van der Waals surface area contributed by atoms with Crippen LogP contribution in [0.5, 0.6) is 0 Å². The van der Waals surface area contributed by atoms with Gasteiger partial charge in [0.05, 0.1) is 34.6 Å². The van der Waals surface area contributed by atoms with E-state index >= 15 is 0 Å². The molecule has 20 heavy (non-hydrogen) atoms. The molecule has 2 heterocycles. The van der Waals surface area contributed by atoms with Crippen molar-refractivity contribution in [1.82, 2.24) is 9.55 Å². The molecule has 0 bridgehead atoms. The predicted molar refractivity (Wildman–Crippen MR) is 79.6 cm³/mol. The molecule has 2 aromatic heterocycles. The SMILES string of the molecule is Fc1cc2c(cc1Br)nc(CCCl)n2Cc1ccoc1. The Kier molecular flexibility index (Phi) is 3.81. The molecule has 0 saturated heterocycles. The maximum Gasteiger partial charge on any atom is 0.139 e. The zero-order valence-electron chi connectivity index (χ0n) is 10.4. The maximum absolute atomic E-state index is 13.8. The molecule has 0 amide bonds. The van der Waals surface area contributed by atoms with E-state index in [1.165, 1.54) is 6.07 Å². The van der Waals surface area contributed by atoms with Gasteiger partial charge in [0, 0.05) is 23.9 Å². The van der Waals surface area contributed by atoms with Crippen molar-refractivity contribution in [3.05, 3.63) is 52.4 Å². The maximum atomic E-state index is 13.8. The average Bonchev–Trinajstić information content (AvgIpc) is 3.02. The van der Waals surface area contributed by atoms with E-state index in [2.05, 4.69) is 20.9 Å². The summed E-state index contributed by atoms with van der Waals surface area (Å²) in [6.45, 7) is 0.584. The van der Waals surface area contributed by atoms with Crippen molar-refractivity contribution in [3.63, 3.8) is 0 Å². The molecular weight excluding hydrogens is 347 g/mol. The Balaban J connectivity index is 2.15. The van der Waals surface area contributed by atoms with E-state index < -0.39 is 0 Å². The van der Waals surface area contributed by atoms with Crippen LogP contribution in [-0.2, 0) is 13.0 Å². The topological polar surface area (TPSA) is 31.0 Å². The number of hydrogen-bond donors (Lipinski definition) is 0. The number of furan rings is 1. The van der Waals surface area contributed by atoms with E-state index in [1.807, 2.05) is 10.6 Å². The van der Waals surface area contributed by atoms with Crippen LogP contribution in [0.3, 0.4) is 0 Å². The second kappa shape index (κ2) is 5.58. The fraction of sp³-hybridized carbons (Fsp3) is 0.214. The number of hydrogen-bond acceptors (Lipinski definition) is 2. The molecule has 0 atom stereocenters. The van der Waals surface area contributed by atoms with Gasteiger partial charge in [-0.05, 0) is 28.1 Å². The van der Waals surface area contributed by atoms with Crippen LogP contribution < -0.4 is 0 Å². The van der Waals surface area contributed by atoms with E-state index in [-0.39, 0.29) is 5.82 Å². The number of benzene rings is 1. The summed E-state index contributed by atoms with van der Waals surface area (Å²) >= 11 is 9.01. The molecule has 1 aromatic carbocycles. The van der Waals surface area contributed by atoms with E-state index in [9.17, 15) is 4.39 Å². The molecule has 3 nitrogen and oxygen atoms in total. The third kappa shape index (κ3) is 2.47. The average molecular weight is 358 g/mol. The van der Waals surface area contributed by atoms with Gasteiger partial charge in [0.25, 0.3) is 0 Å². The third-order valence-electron chi connectivity index (χ3n) is 3.11. The molecule has 104 valence electrons. The Morgan fingerprint density at radius 1 is 1.40 bits per heavy atom. The second-order valence-corrected chi connectivity index (χ2v) is 5.67. The molecule has 0 spiro atoms. The van der Waals surface area contributed by atoms with E-state index in [0.29, 0.717) is 23.3 Å². The molecule has 0 unspecified atom stereocenters. The van der Waals surface area contributed by atoms with Crippen LogP contribution in [0.25, 0.3) is 11.0 Å². The first-order chi connectivity index (χ1) is 9.69. The van der Waals surface area contributed by atoms with Crippen LogP contribution in [0.4, 0.5) is 4.39 Å². The summed E-state index contributed by atoms with van der Waals surface area (Å²) in [6.07, 6.45) is 3.92. The second-order valence-electron chi connectivity index (χ2n) is 4.44. The van der Waals surface area contributed by atoms with Crippen molar-refractivity contribution in [1.29, 1.82) is 0 Å². The van der Waals surface area contributed by atoms with Gasteiger partial charge in [-0.2, -0.15) is 0 Å². The summed E-state index contributed by atoms with van der Waals surface area (Å²) in [5.41, 5.74) is 2.51. The number of nitrogens with zero attached hydrogens (tertiary/aromatic N) is 2. The van der Waals surface area contributed by atoms with Gasteiger partial charge in [0.2, 0.25) is 0 Å². The van der Waals surface area contributed by atoms with Crippen LogP contribution in [-0.4, -0.2) is 15.4 Å². The van der Waals surface area contributed by atoms with Crippen LogP contribution in [0.1, 0.15) is 11.4 Å². The van der Waals surface area contributed by atoms with E-state index in [1.54, 1.807) is 18.6 Å². The molecule has 6 heteroatoms. The molecule has 0 aliphatic heterocycles. The summed E-state index contributed by atoms with van der Waals surface area (Å²) in [5.74, 6) is 1.01. The van der Waals surface area contributed by atoms with Crippen molar-refractivity contribution in [2.24, 2.45) is 0 Å².